The number of carbonyl (C=O) groups excluding carboxylic acids is 1. The van der Waals surface area contributed by atoms with Gasteiger partial charge in [-0.3, -0.25) is 0 Å². The molecule has 0 saturated heterocycles. The fourth-order valence-corrected chi connectivity index (χ4v) is 2.48. The highest BCUT2D eigenvalue weighted by atomic mass is 16.5. The molecule has 1 aliphatic carbocycles. The average Bonchev–Trinajstić information content (AvgIpc) is 3.38. The molecular formula is C18H19NO3. The van der Waals surface area contributed by atoms with Crippen LogP contribution >= 0.6 is 0 Å². The van der Waals surface area contributed by atoms with E-state index in [1.54, 1.807) is 18.2 Å². The number of benzene rings is 2. The van der Waals surface area contributed by atoms with Crippen molar-refractivity contribution in [3.05, 3.63) is 65.2 Å². The first-order valence-electron chi connectivity index (χ1n) is 7.43. The maximum absolute atomic E-state index is 12.3. The van der Waals surface area contributed by atoms with Crippen molar-refractivity contribution in [1.29, 1.82) is 0 Å². The molecule has 0 aromatic heterocycles. The smallest absolute Gasteiger partial charge is 0.338 e. The Morgan fingerprint density at radius 1 is 1.23 bits per heavy atom. The minimum atomic E-state index is -0.625. The molecule has 2 aromatic rings. The molecule has 4 heteroatoms. The number of anilines is 1. The summed E-state index contributed by atoms with van der Waals surface area (Å²) in [6.45, 7) is 0.202. The lowest BCUT2D eigenvalue weighted by Crippen LogP contribution is -2.12. The summed E-state index contributed by atoms with van der Waals surface area (Å²) in [6, 6.07) is 14.5. The van der Waals surface area contributed by atoms with Gasteiger partial charge in [0.05, 0.1) is 11.7 Å². The average molecular weight is 297 g/mol. The van der Waals surface area contributed by atoms with E-state index in [1.165, 1.54) is 0 Å². The van der Waals surface area contributed by atoms with Gasteiger partial charge in [-0.15, -0.1) is 0 Å². The highest BCUT2D eigenvalue weighted by molar-refractivity contribution is 5.92. The van der Waals surface area contributed by atoms with Crippen LogP contribution in [0.25, 0.3) is 0 Å². The molecule has 0 amide bonds. The van der Waals surface area contributed by atoms with Gasteiger partial charge in [0, 0.05) is 5.69 Å². The summed E-state index contributed by atoms with van der Waals surface area (Å²) in [5.41, 5.74) is 8.14. The molecule has 2 aromatic carbocycles. The second-order valence-corrected chi connectivity index (χ2v) is 5.69. The zero-order chi connectivity index (χ0) is 15.5. The van der Waals surface area contributed by atoms with Crippen LogP contribution in [0.2, 0.25) is 0 Å². The summed E-state index contributed by atoms with van der Waals surface area (Å²) in [5.74, 6) is -0.213. The van der Waals surface area contributed by atoms with E-state index in [9.17, 15) is 9.90 Å². The van der Waals surface area contributed by atoms with Crippen molar-refractivity contribution in [2.24, 2.45) is 5.92 Å². The van der Waals surface area contributed by atoms with E-state index >= 15 is 0 Å². The Bertz CT molecular complexity index is 665. The van der Waals surface area contributed by atoms with Crippen molar-refractivity contribution in [1.82, 2.24) is 0 Å². The highest BCUT2D eigenvalue weighted by Crippen LogP contribution is 2.42. The second kappa shape index (κ2) is 6.20. The molecule has 3 N–H and O–H groups in total. The maximum Gasteiger partial charge on any atom is 0.338 e. The molecule has 0 heterocycles. The SMILES string of the molecule is Nc1ccc(C(O)C2CC2)c(C(=O)OCc2ccccc2)c1. The number of hydrogen-bond donors (Lipinski definition) is 2. The largest absolute Gasteiger partial charge is 0.457 e. The molecule has 3 rings (SSSR count). The van der Waals surface area contributed by atoms with Gasteiger partial charge in [-0.2, -0.15) is 0 Å². The zero-order valence-corrected chi connectivity index (χ0v) is 12.2. The van der Waals surface area contributed by atoms with Crippen molar-refractivity contribution in [2.45, 2.75) is 25.6 Å². The van der Waals surface area contributed by atoms with Gasteiger partial charge in [-0.25, -0.2) is 4.79 Å². The van der Waals surface area contributed by atoms with Gasteiger partial charge in [0.15, 0.2) is 0 Å². The molecule has 1 saturated carbocycles. The maximum atomic E-state index is 12.3. The van der Waals surface area contributed by atoms with Gasteiger partial charge in [0.1, 0.15) is 6.61 Å². The molecule has 0 spiro atoms. The molecule has 114 valence electrons. The fourth-order valence-electron chi connectivity index (χ4n) is 2.48. The summed E-state index contributed by atoms with van der Waals surface area (Å²) in [6.07, 6.45) is 1.36. The summed E-state index contributed by atoms with van der Waals surface area (Å²) in [5, 5.41) is 10.3. The Hall–Kier alpha value is -2.33. The summed E-state index contributed by atoms with van der Waals surface area (Å²) in [4.78, 5) is 12.3. The Balaban J connectivity index is 1.77. The number of nitrogen functional groups attached to an aromatic ring is 1. The van der Waals surface area contributed by atoms with Crippen LogP contribution in [0.3, 0.4) is 0 Å². The zero-order valence-electron chi connectivity index (χ0n) is 12.2. The number of rotatable bonds is 5. The minimum Gasteiger partial charge on any atom is -0.457 e. The molecule has 0 bridgehead atoms. The molecular weight excluding hydrogens is 278 g/mol. The molecule has 1 atom stereocenters. The van der Waals surface area contributed by atoms with E-state index in [-0.39, 0.29) is 12.5 Å². The van der Waals surface area contributed by atoms with Gasteiger partial charge < -0.3 is 15.6 Å². The van der Waals surface area contributed by atoms with Crippen LogP contribution in [0.1, 0.15) is 40.4 Å². The van der Waals surface area contributed by atoms with Gasteiger partial charge in [-0.05, 0) is 42.0 Å². The van der Waals surface area contributed by atoms with Crippen LogP contribution in [0.15, 0.2) is 48.5 Å². The Morgan fingerprint density at radius 3 is 2.64 bits per heavy atom. The van der Waals surface area contributed by atoms with E-state index in [0.29, 0.717) is 16.8 Å². The number of carbonyl (C=O) groups is 1. The van der Waals surface area contributed by atoms with Crippen molar-refractivity contribution < 1.29 is 14.6 Å². The molecule has 0 aliphatic heterocycles. The highest BCUT2D eigenvalue weighted by Gasteiger charge is 2.33. The van der Waals surface area contributed by atoms with E-state index in [0.717, 1.165) is 18.4 Å². The van der Waals surface area contributed by atoms with Crippen LogP contribution in [-0.2, 0) is 11.3 Å². The first kappa shape index (κ1) is 14.6. The van der Waals surface area contributed by atoms with Gasteiger partial charge in [0.2, 0.25) is 0 Å². The lowest BCUT2D eigenvalue weighted by atomic mass is 9.98. The van der Waals surface area contributed by atoms with Gasteiger partial charge in [-0.1, -0.05) is 36.4 Å². The van der Waals surface area contributed by atoms with Crippen molar-refractivity contribution in [2.75, 3.05) is 5.73 Å². The lowest BCUT2D eigenvalue weighted by Gasteiger charge is -2.15. The third-order valence-electron chi connectivity index (χ3n) is 3.90. The molecule has 1 aliphatic rings. The second-order valence-electron chi connectivity index (χ2n) is 5.69. The van der Waals surface area contributed by atoms with E-state index in [4.69, 9.17) is 10.5 Å². The van der Waals surface area contributed by atoms with Crippen molar-refractivity contribution in [3.63, 3.8) is 0 Å². The van der Waals surface area contributed by atoms with Crippen molar-refractivity contribution >= 4 is 11.7 Å². The van der Waals surface area contributed by atoms with Gasteiger partial charge in [0.25, 0.3) is 0 Å². The predicted octanol–water partition coefficient (Wildman–Crippen LogP) is 3.07. The Kier molecular flexibility index (Phi) is 4.11. The minimum absolute atomic E-state index is 0.202. The number of aliphatic hydroxyl groups excluding tert-OH is 1. The topological polar surface area (TPSA) is 72.5 Å². The van der Waals surface area contributed by atoms with Crippen molar-refractivity contribution in [3.8, 4) is 0 Å². The van der Waals surface area contributed by atoms with Crippen LogP contribution in [-0.4, -0.2) is 11.1 Å². The number of nitrogens with two attached hydrogens (primary N) is 1. The van der Waals surface area contributed by atoms with E-state index in [1.807, 2.05) is 30.3 Å². The van der Waals surface area contributed by atoms with E-state index in [2.05, 4.69) is 0 Å². The normalized spacial score (nSPS) is 15.3. The molecule has 22 heavy (non-hydrogen) atoms. The van der Waals surface area contributed by atoms with Crippen LogP contribution in [0.5, 0.6) is 0 Å². The number of esters is 1. The fraction of sp³-hybridized carbons (Fsp3) is 0.278. The summed E-state index contributed by atoms with van der Waals surface area (Å²) < 4.78 is 5.35. The molecule has 0 radical (unpaired) electrons. The molecule has 1 fully saturated rings. The third-order valence-corrected chi connectivity index (χ3v) is 3.90. The first-order valence-corrected chi connectivity index (χ1v) is 7.43. The standard InChI is InChI=1S/C18H19NO3/c19-14-8-9-15(17(20)13-6-7-13)16(10-14)18(21)22-11-12-4-2-1-3-5-12/h1-5,8-10,13,17,20H,6-7,11,19H2. The quantitative estimate of drug-likeness (QED) is 0.657. The monoisotopic (exact) mass is 297 g/mol. The summed E-state index contributed by atoms with van der Waals surface area (Å²) in [7, 11) is 0. The van der Waals surface area contributed by atoms with Crippen LogP contribution in [0, 0.1) is 5.92 Å². The first-order chi connectivity index (χ1) is 10.6. The Morgan fingerprint density at radius 2 is 1.95 bits per heavy atom. The molecule has 1 unspecified atom stereocenters. The number of hydrogen-bond acceptors (Lipinski definition) is 4. The van der Waals surface area contributed by atoms with Gasteiger partial charge >= 0.3 is 5.97 Å². The number of aliphatic hydroxyl groups is 1. The summed E-state index contributed by atoms with van der Waals surface area (Å²) >= 11 is 0. The lowest BCUT2D eigenvalue weighted by molar-refractivity contribution is 0.0464. The Labute approximate surface area is 129 Å². The molecule has 4 nitrogen and oxygen atoms in total. The number of ether oxygens (including phenoxy) is 1. The third kappa shape index (κ3) is 3.28. The predicted molar refractivity (Wildman–Crippen MR) is 84.1 cm³/mol. The van der Waals surface area contributed by atoms with Crippen LogP contribution < -0.4 is 5.73 Å². The van der Waals surface area contributed by atoms with Crippen LogP contribution in [0.4, 0.5) is 5.69 Å². The van der Waals surface area contributed by atoms with E-state index < -0.39 is 12.1 Å².